The van der Waals surface area contributed by atoms with Crippen LogP contribution in [0, 0.1) is 0 Å². The van der Waals surface area contributed by atoms with E-state index in [0.717, 1.165) is 24.0 Å². The highest BCUT2D eigenvalue weighted by molar-refractivity contribution is 6.00. The lowest BCUT2D eigenvalue weighted by Gasteiger charge is -2.10. The molecule has 0 atom stereocenters. The van der Waals surface area contributed by atoms with Gasteiger partial charge in [-0.05, 0) is 57.4 Å². The molecule has 0 aliphatic rings. The third kappa shape index (κ3) is 3.31. The maximum atomic E-state index is 12.6. The number of hydrogen-bond donors (Lipinski definition) is 2. The molecule has 0 unspecified atom stereocenters. The van der Waals surface area contributed by atoms with Crippen LogP contribution >= 0.6 is 0 Å². The summed E-state index contributed by atoms with van der Waals surface area (Å²) in [6.45, 7) is 1.53. The molecule has 0 spiro atoms. The Bertz CT molecular complexity index is 944. The normalized spacial score (nSPS) is 11.3. The summed E-state index contributed by atoms with van der Waals surface area (Å²) < 4.78 is 0. The molecule has 3 rings (SSSR count). The van der Waals surface area contributed by atoms with Crippen molar-refractivity contribution in [1.82, 2.24) is 15.2 Å². The average Bonchev–Trinajstić information content (AvgIpc) is 2.58. The van der Waals surface area contributed by atoms with Gasteiger partial charge in [0.15, 0.2) is 5.43 Å². The van der Waals surface area contributed by atoms with Crippen molar-refractivity contribution in [2.24, 2.45) is 0 Å². The lowest BCUT2D eigenvalue weighted by Crippen LogP contribution is -2.27. The molecule has 5 heteroatoms. The highest BCUT2D eigenvalue weighted by atomic mass is 16.1. The fraction of sp³-hybridized carbons (Fsp3) is 0.263. The maximum Gasteiger partial charge on any atom is 0.251 e. The minimum Gasteiger partial charge on any atom is -0.354 e. The number of aromatic nitrogens is 1. The number of carbonyl (C=O) groups is 1. The molecule has 0 aliphatic carbocycles. The van der Waals surface area contributed by atoms with Crippen molar-refractivity contribution in [2.75, 3.05) is 27.2 Å². The van der Waals surface area contributed by atoms with Crippen LogP contribution in [0.1, 0.15) is 16.8 Å². The minimum absolute atomic E-state index is 0.0541. The van der Waals surface area contributed by atoms with Crippen molar-refractivity contribution in [3.63, 3.8) is 0 Å². The highest BCUT2D eigenvalue weighted by Gasteiger charge is 2.10. The molecule has 5 nitrogen and oxygen atoms in total. The van der Waals surface area contributed by atoms with Gasteiger partial charge in [0.25, 0.3) is 5.91 Å². The van der Waals surface area contributed by atoms with Crippen molar-refractivity contribution in [1.29, 1.82) is 0 Å². The molecule has 0 radical (unpaired) electrons. The van der Waals surface area contributed by atoms with Gasteiger partial charge in [0.2, 0.25) is 0 Å². The predicted octanol–water partition coefficient (Wildman–Crippen LogP) is 2.36. The molecular weight excluding hydrogens is 302 g/mol. The highest BCUT2D eigenvalue weighted by Crippen LogP contribution is 2.16. The zero-order valence-corrected chi connectivity index (χ0v) is 13.9. The van der Waals surface area contributed by atoms with Crippen LogP contribution in [0.25, 0.3) is 21.8 Å². The SMILES string of the molecule is CN(C)CCCNC(=O)c1ccc2[nH]c3ccccc3c(=O)c2c1. The topological polar surface area (TPSA) is 65.2 Å². The van der Waals surface area contributed by atoms with Gasteiger partial charge in [0, 0.05) is 33.9 Å². The summed E-state index contributed by atoms with van der Waals surface area (Å²) in [4.78, 5) is 30.2. The van der Waals surface area contributed by atoms with Gasteiger partial charge in [0.05, 0.1) is 0 Å². The average molecular weight is 323 g/mol. The number of fused-ring (bicyclic) bond motifs is 2. The summed E-state index contributed by atoms with van der Waals surface area (Å²) >= 11 is 0. The number of benzene rings is 2. The number of hydrogen-bond acceptors (Lipinski definition) is 3. The summed E-state index contributed by atoms with van der Waals surface area (Å²) in [6.07, 6.45) is 0.886. The molecule has 0 bridgehead atoms. The van der Waals surface area contributed by atoms with E-state index in [1.54, 1.807) is 24.3 Å². The van der Waals surface area contributed by atoms with Gasteiger partial charge < -0.3 is 15.2 Å². The second-order valence-corrected chi connectivity index (χ2v) is 6.17. The first-order chi connectivity index (χ1) is 11.6. The molecular formula is C19H21N3O2. The molecule has 2 aromatic carbocycles. The number of H-pyrrole nitrogens is 1. The Morgan fingerprint density at radius 2 is 1.83 bits per heavy atom. The van der Waals surface area contributed by atoms with Crippen LogP contribution in [-0.4, -0.2) is 43.0 Å². The van der Waals surface area contributed by atoms with E-state index in [9.17, 15) is 9.59 Å². The van der Waals surface area contributed by atoms with Gasteiger partial charge in [-0.1, -0.05) is 12.1 Å². The predicted molar refractivity (Wildman–Crippen MR) is 97.6 cm³/mol. The van der Waals surface area contributed by atoms with E-state index < -0.39 is 0 Å². The smallest absolute Gasteiger partial charge is 0.251 e. The monoisotopic (exact) mass is 323 g/mol. The van der Waals surface area contributed by atoms with Gasteiger partial charge in [0.1, 0.15) is 0 Å². The van der Waals surface area contributed by atoms with Crippen molar-refractivity contribution < 1.29 is 4.79 Å². The Hall–Kier alpha value is -2.66. The van der Waals surface area contributed by atoms with Crippen molar-refractivity contribution >= 4 is 27.7 Å². The van der Waals surface area contributed by atoms with E-state index >= 15 is 0 Å². The maximum absolute atomic E-state index is 12.6. The molecule has 0 aliphatic heterocycles. The Kier molecular flexibility index (Phi) is 4.62. The summed E-state index contributed by atoms with van der Waals surface area (Å²) in [6, 6.07) is 12.6. The second-order valence-electron chi connectivity index (χ2n) is 6.17. The van der Waals surface area contributed by atoms with Crippen LogP contribution in [-0.2, 0) is 0 Å². The largest absolute Gasteiger partial charge is 0.354 e. The number of nitrogens with zero attached hydrogens (tertiary/aromatic N) is 1. The molecule has 2 N–H and O–H groups in total. The van der Waals surface area contributed by atoms with Crippen molar-refractivity contribution in [3.8, 4) is 0 Å². The van der Waals surface area contributed by atoms with Crippen molar-refractivity contribution in [3.05, 3.63) is 58.3 Å². The number of rotatable bonds is 5. The summed E-state index contributed by atoms with van der Waals surface area (Å²) in [7, 11) is 4.00. The molecule has 124 valence electrons. The van der Waals surface area contributed by atoms with Gasteiger partial charge >= 0.3 is 0 Å². The van der Waals surface area contributed by atoms with Gasteiger partial charge in [-0.2, -0.15) is 0 Å². The lowest BCUT2D eigenvalue weighted by atomic mass is 10.1. The van der Waals surface area contributed by atoms with E-state index in [2.05, 4.69) is 15.2 Å². The summed E-state index contributed by atoms with van der Waals surface area (Å²) in [5.41, 5.74) is 1.99. The molecule has 1 amide bonds. The number of pyridine rings is 1. The molecule has 0 saturated carbocycles. The third-order valence-electron chi connectivity index (χ3n) is 4.04. The van der Waals surface area contributed by atoms with E-state index in [4.69, 9.17) is 0 Å². The minimum atomic E-state index is -0.150. The molecule has 3 aromatic rings. The summed E-state index contributed by atoms with van der Waals surface area (Å²) in [5, 5.41) is 4.07. The van der Waals surface area contributed by atoms with E-state index in [-0.39, 0.29) is 11.3 Å². The van der Waals surface area contributed by atoms with Crippen LogP contribution in [0.5, 0.6) is 0 Å². The van der Waals surface area contributed by atoms with Crippen LogP contribution < -0.4 is 10.7 Å². The quantitative estimate of drug-likeness (QED) is 0.559. The molecule has 24 heavy (non-hydrogen) atoms. The van der Waals surface area contributed by atoms with Gasteiger partial charge in [-0.3, -0.25) is 9.59 Å². The molecule has 1 aromatic heterocycles. The Balaban J connectivity index is 1.88. The Morgan fingerprint density at radius 1 is 1.08 bits per heavy atom. The van der Waals surface area contributed by atoms with Gasteiger partial charge in [-0.25, -0.2) is 0 Å². The Labute approximate surface area is 140 Å². The van der Waals surface area contributed by atoms with E-state index in [1.165, 1.54) is 0 Å². The van der Waals surface area contributed by atoms with Crippen LogP contribution in [0.3, 0.4) is 0 Å². The third-order valence-corrected chi connectivity index (χ3v) is 4.04. The molecule has 0 saturated heterocycles. The lowest BCUT2D eigenvalue weighted by molar-refractivity contribution is 0.0952. The first kappa shape index (κ1) is 16.2. The number of amides is 1. The first-order valence-corrected chi connectivity index (χ1v) is 8.04. The molecule has 1 heterocycles. The zero-order chi connectivity index (χ0) is 17.1. The van der Waals surface area contributed by atoms with Crippen molar-refractivity contribution in [2.45, 2.75) is 6.42 Å². The molecule has 0 fully saturated rings. The number of nitrogens with one attached hydrogen (secondary N) is 2. The number of carbonyl (C=O) groups excluding carboxylic acids is 1. The fourth-order valence-corrected chi connectivity index (χ4v) is 2.76. The van der Waals surface area contributed by atoms with E-state index in [1.807, 2.05) is 32.3 Å². The first-order valence-electron chi connectivity index (χ1n) is 8.04. The van der Waals surface area contributed by atoms with Crippen LogP contribution in [0.4, 0.5) is 0 Å². The van der Waals surface area contributed by atoms with Crippen LogP contribution in [0.15, 0.2) is 47.3 Å². The standard InChI is InChI=1S/C19H21N3O2/c1-22(2)11-5-10-20-19(24)13-8-9-17-15(12-13)18(23)14-6-3-4-7-16(14)21-17/h3-4,6-9,12H,5,10-11H2,1-2H3,(H,20,24)(H,21,23). The number of para-hydroxylation sites is 1. The summed E-state index contributed by atoms with van der Waals surface area (Å²) in [5.74, 6) is -0.150. The number of aromatic amines is 1. The zero-order valence-electron chi connectivity index (χ0n) is 13.9. The second kappa shape index (κ2) is 6.84. The van der Waals surface area contributed by atoms with E-state index in [0.29, 0.717) is 22.9 Å². The Morgan fingerprint density at radius 3 is 2.62 bits per heavy atom. The van der Waals surface area contributed by atoms with Crippen LogP contribution in [0.2, 0.25) is 0 Å². The fourth-order valence-electron chi connectivity index (χ4n) is 2.76. The van der Waals surface area contributed by atoms with Gasteiger partial charge in [-0.15, -0.1) is 0 Å².